The molecular weight excluding hydrogens is 234 g/mol. The highest BCUT2D eigenvalue weighted by Gasteiger charge is 2.13. The summed E-state index contributed by atoms with van der Waals surface area (Å²) in [4.78, 5) is 31.0. The van der Waals surface area contributed by atoms with Crippen molar-refractivity contribution in [2.75, 3.05) is 7.05 Å². The molecule has 0 fully saturated rings. The Morgan fingerprint density at radius 3 is 2.78 bits per heavy atom. The van der Waals surface area contributed by atoms with Crippen molar-refractivity contribution in [1.82, 2.24) is 25.1 Å². The van der Waals surface area contributed by atoms with Crippen LogP contribution in [0.25, 0.3) is 0 Å². The third-order valence-electron chi connectivity index (χ3n) is 2.40. The van der Waals surface area contributed by atoms with Crippen LogP contribution < -0.4 is 5.56 Å². The first-order chi connectivity index (χ1) is 8.56. The van der Waals surface area contributed by atoms with Gasteiger partial charge in [-0.3, -0.25) is 14.7 Å². The van der Waals surface area contributed by atoms with Crippen LogP contribution in [-0.4, -0.2) is 38.0 Å². The number of nitrogens with zero attached hydrogens (tertiary/aromatic N) is 3. The van der Waals surface area contributed by atoms with Gasteiger partial charge in [0, 0.05) is 19.3 Å². The van der Waals surface area contributed by atoms with E-state index in [2.05, 4.69) is 20.2 Å². The van der Waals surface area contributed by atoms with Gasteiger partial charge in [0.25, 0.3) is 5.91 Å². The number of aryl methyl sites for hydroxylation is 1. The molecule has 0 atom stereocenters. The van der Waals surface area contributed by atoms with Crippen LogP contribution in [0.5, 0.6) is 0 Å². The molecule has 0 aliphatic rings. The monoisotopic (exact) mass is 247 g/mol. The molecule has 0 saturated carbocycles. The predicted octanol–water partition coefficient (Wildman–Crippen LogP) is 0.0736. The molecular formula is C11H13N5O2. The van der Waals surface area contributed by atoms with E-state index in [1.165, 1.54) is 23.2 Å². The third-order valence-corrected chi connectivity index (χ3v) is 2.40. The molecule has 2 aromatic rings. The fraction of sp³-hybridized carbons (Fsp3) is 0.273. The highest BCUT2D eigenvalue weighted by molar-refractivity contribution is 5.93. The average molecular weight is 247 g/mol. The molecule has 0 unspecified atom stereocenters. The molecule has 0 aliphatic heterocycles. The first-order valence-electron chi connectivity index (χ1n) is 5.38. The van der Waals surface area contributed by atoms with Gasteiger partial charge in [0.15, 0.2) is 5.82 Å². The van der Waals surface area contributed by atoms with Crippen molar-refractivity contribution in [3.63, 3.8) is 0 Å². The van der Waals surface area contributed by atoms with Crippen molar-refractivity contribution in [3.8, 4) is 0 Å². The number of carbonyl (C=O) groups excluding carboxylic acids is 1. The average Bonchev–Trinajstić information content (AvgIpc) is 2.75. The predicted molar refractivity (Wildman–Crippen MR) is 64.0 cm³/mol. The van der Waals surface area contributed by atoms with Crippen LogP contribution in [0.2, 0.25) is 0 Å². The minimum Gasteiger partial charge on any atom is -0.334 e. The van der Waals surface area contributed by atoms with Crippen LogP contribution in [0.4, 0.5) is 0 Å². The van der Waals surface area contributed by atoms with Gasteiger partial charge in [-0.05, 0) is 13.0 Å². The van der Waals surface area contributed by atoms with Crippen molar-refractivity contribution in [3.05, 3.63) is 45.9 Å². The van der Waals surface area contributed by atoms with E-state index in [1.807, 2.05) is 0 Å². The molecule has 2 heterocycles. The molecule has 0 aromatic carbocycles. The Morgan fingerprint density at radius 1 is 1.44 bits per heavy atom. The van der Waals surface area contributed by atoms with E-state index in [0.717, 1.165) is 0 Å². The second-order valence-electron chi connectivity index (χ2n) is 3.94. The maximum atomic E-state index is 12.0. The summed E-state index contributed by atoms with van der Waals surface area (Å²) < 4.78 is 0. The highest BCUT2D eigenvalue weighted by atomic mass is 16.2. The minimum absolute atomic E-state index is 0.200. The van der Waals surface area contributed by atoms with Crippen LogP contribution in [0.3, 0.4) is 0 Å². The summed E-state index contributed by atoms with van der Waals surface area (Å²) >= 11 is 0. The van der Waals surface area contributed by atoms with Gasteiger partial charge in [-0.25, -0.2) is 4.98 Å². The largest absolute Gasteiger partial charge is 0.334 e. The van der Waals surface area contributed by atoms with Gasteiger partial charge >= 0.3 is 0 Å². The van der Waals surface area contributed by atoms with E-state index in [0.29, 0.717) is 23.8 Å². The van der Waals surface area contributed by atoms with E-state index < -0.39 is 0 Å². The Bertz CT molecular complexity index is 595. The zero-order chi connectivity index (χ0) is 13.1. The number of nitrogens with one attached hydrogen (secondary N) is 2. The van der Waals surface area contributed by atoms with E-state index in [-0.39, 0.29) is 11.5 Å². The molecule has 0 bridgehead atoms. The Kier molecular flexibility index (Phi) is 3.22. The summed E-state index contributed by atoms with van der Waals surface area (Å²) in [5, 5.41) is 6.67. The number of pyridine rings is 1. The zero-order valence-corrected chi connectivity index (χ0v) is 10.1. The summed E-state index contributed by atoms with van der Waals surface area (Å²) in [6.45, 7) is 2.10. The van der Waals surface area contributed by atoms with Crippen LogP contribution >= 0.6 is 0 Å². The van der Waals surface area contributed by atoms with Gasteiger partial charge in [0.1, 0.15) is 5.82 Å². The number of amides is 1. The number of aromatic amines is 2. The number of rotatable bonds is 3. The van der Waals surface area contributed by atoms with Crippen molar-refractivity contribution in [2.24, 2.45) is 0 Å². The molecule has 18 heavy (non-hydrogen) atoms. The summed E-state index contributed by atoms with van der Waals surface area (Å²) in [5.41, 5.74) is 0.183. The lowest BCUT2D eigenvalue weighted by atomic mass is 10.2. The number of hydrogen-bond donors (Lipinski definition) is 2. The molecule has 0 saturated heterocycles. The Hall–Kier alpha value is -2.44. The summed E-state index contributed by atoms with van der Waals surface area (Å²) in [5.74, 6) is 1.05. The molecule has 7 heteroatoms. The van der Waals surface area contributed by atoms with Crippen LogP contribution in [-0.2, 0) is 6.54 Å². The normalized spacial score (nSPS) is 10.3. The quantitative estimate of drug-likeness (QED) is 0.802. The summed E-state index contributed by atoms with van der Waals surface area (Å²) in [7, 11) is 1.65. The lowest BCUT2D eigenvalue weighted by molar-refractivity contribution is 0.0781. The van der Waals surface area contributed by atoms with Crippen LogP contribution in [0.1, 0.15) is 22.0 Å². The van der Waals surface area contributed by atoms with Gasteiger partial charge in [-0.2, -0.15) is 5.10 Å². The molecule has 94 valence electrons. The fourth-order valence-electron chi connectivity index (χ4n) is 1.51. The standard InChI is InChI=1S/C11H13N5O2/c1-7-13-9(15-14-7)6-16(2)11(18)8-3-4-10(17)12-5-8/h3-5H,6H2,1-2H3,(H,12,17)(H,13,14,15). The van der Waals surface area contributed by atoms with E-state index in [1.54, 1.807) is 14.0 Å². The Morgan fingerprint density at radius 2 is 2.22 bits per heavy atom. The smallest absolute Gasteiger partial charge is 0.255 e. The number of aromatic nitrogens is 4. The first-order valence-corrected chi connectivity index (χ1v) is 5.38. The lowest BCUT2D eigenvalue weighted by Gasteiger charge is -2.14. The van der Waals surface area contributed by atoms with Gasteiger partial charge in [0.05, 0.1) is 12.1 Å². The maximum Gasteiger partial charge on any atom is 0.255 e. The van der Waals surface area contributed by atoms with Gasteiger partial charge < -0.3 is 9.88 Å². The lowest BCUT2D eigenvalue weighted by Crippen LogP contribution is -2.27. The number of H-pyrrole nitrogens is 2. The van der Waals surface area contributed by atoms with Crippen LogP contribution in [0, 0.1) is 6.92 Å². The molecule has 0 spiro atoms. The zero-order valence-electron chi connectivity index (χ0n) is 10.1. The summed E-state index contributed by atoms with van der Waals surface area (Å²) in [6.07, 6.45) is 1.39. The van der Waals surface area contributed by atoms with Crippen molar-refractivity contribution < 1.29 is 4.79 Å². The van der Waals surface area contributed by atoms with Gasteiger partial charge in [-0.15, -0.1) is 0 Å². The third kappa shape index (κ3) is 2.62. The van der Waals surface area contributed by atoms with E-state index in [9.17, 15) is 9.59 Å². The minimum atomic E-state index is -0.237. The van der Waals surface area contributed by atoms with Crippen molar-refractivity contribution in [2.45, 2.75) is 13.5 Å². The molecule has 2 aromatic heterocycles. The van der Waals surface area contributed by atoms with E-state index in [4.69, 9.17) is 0 Å². The van der Waals surface area contributed by atoms with Crippen molar-refractivity contribution >= 4 is 5.91 Å². The topological polar surface area (TPSA) is 94.7 Å². The highest BCUT2D eigenvalue weighted by Crippen LogP contribution is 2.03. The first kappa shape index (κ1) is 12.0. The molecule has 2 N–H and O–H groups in total. The van der Waals surface area contributed by atoms with Gasteiger partial charge in [0.2, 0.25) is 5.56 Å². The van der Waals surface area contributed by atoms with E-state index >= 15 is 0 Å². The van der Waals surface area contributed by atoms with Crippen molar-refractivity contribution in [1.29, 1.82) is 0 Å². The molecule has 2 rings (SSSR count). The Labute approximate surface area is 103 Å². The van der Waals surface area contributed by atoms with Gasteiger partial charge in [-0.1, -0.05) is 0 Å². The van der Waals surface area contributed by atoms with Crippen LogP contribution in [0.15, 0.2) is 23.1 Å². The Balaban J connectivity index is 2.09. The molecule has 0 aliphatic carbocycles. The second-order valence-corrected chi connectivity index (χ2v) is 3.94. The molecule has 1 amide bonds. The number of hydrogen-bond acceptors (Lipinski definition) is 4. The summed E-state index contributed by atoms with van der Waals surface area (Å²) in [6, 6.07) is 2.80. The number of carbonyl (C=O) groups is 1. The fourth-order valence-corrected chi connectivity index (χ4v) is 1.51. The SMILES string of the molecule is Cc1nc(CN(C)C(=O)c2ccc(=O)[nH]c2)n[nH]1. The second kappa shape index (κ2) is 4.82. The molecule has 7 nitrogen and oxygen atoms in total. The maximum absolute atomic E-state index is 12.0. The molecule has 0 radical (unpaired) electrons.